The average molecular weight is 351 g/mol. The lowest BCUT2D eigenvalue weighted by atomic mass is 10.1. The van der Waals surface area contributed by atoms with E-state index in [4.69, 9.17) is 5.73 Å². The van der Waals surface area contributed by atoms with E-state index in [0.717, 1.165) is 29.3 Å². The van der Waals surface area contributed by atoms with Crippen LogP contribution in [0.1, 0.15) is 23.2 Å². The highest BCUT2D eigenvalue weighted by Crippen LogP contribution is 2.30. The quantitative estimate of drug-likeness (QED) is 0.757. The first-order valence-electron chi connectivity index (χ1n) is 8.23. The molecule has 1 aliphatic rings. The van der Waals surface area contributed by atoms with E-state index >= 15 is 0 Å². The largest absolute Gasteiger partial charge is 0.366 e. The van der Waals surface area contributed by atoms with Crippen LogP contribution in [0.15, 0.2) is 60.9 Å². The van der Waals surface area contributed by atoms with Crippen LogP contribution in [0.25, 0.3) is 10.8 Å². The van der Waals surface area contributed by atoms with E-state index in [2.05, 4.69) is 10.3 Å². The Bertz CT molecular complexity index is 954. The Morgan fingerprint density at radius 1 is 1.08 bits per heavy atom. The van der Waals surface area contributed by atoms with E-state index in [1.165, 1.54) is 18.2 Å². The smallest absolute Gasteiger partial charge is 0.251 e. The number of halogens is 1. The molecule has 1 aliphatic carbocycles. The molecule has 1 heterocycles. The number of nitrogens with one attached hydrogen (secondary N) is 1. The first-order chi connectivity index (χ1) is 12.5. The summed E-state index contributed by atoms with van der Waals surface area (Å²) in [5.74, 6) is -0.922. The molecule has 0 aliphatic heterocycles. The second kappa shape index (κ2) is 7.74. The molecule has 0 saturated heterocycles. The van der Waals surface area contributed by atoms with Crippen LogP contribution in [-0.2, 0) is 4.79 Å². The minimum Gasteiger partial charge on any atom is -0.366 e. The Balaban J connectivity index is 0.000000170. The van der Waals surface area contributed by atoms with Crippen LogP contribution in [0.5, 0.6) is 0 Å². The van der Waals surface area contributed by atoms with Crippen LogP contribution in [-0.4, -0.2) is 16.8 Å². The standard InChI is InChI=1S/C13H12N2O.C7H6FNO/c16-13(9-1-2-9)15-12-4-3-11-8-14-6-5-10(11)7-12;8-6-4-2-1-3-5(6)7(9)10/h3-9H,1-2H2,(H,15,16);1-4H,(H2,9,10). The summed E-state index contributed by atoms with van der Waals surface area (Å²) in [7, 11) is 0. The number of hydrogen-bond donors (Lipinski definition) is 2. The predicted octanol–water partition coefficient (Wildman–Crippen LogP) is 3.51. The van der Waals surface area contributed by atoms with E-state index < -0.39 is 11.7 Å². The van der Waals surface area contributed by atoms with Gasteiger partial charge in [-0.3, -0.25) is 14.6 Å². The van der Waals surface area contributed by atoms with Crippen molar-refractivity contribution >= 4 is 28.3 Å². The van der Waals surface area contributed by atoms with Gasteiger partial charge in [0.2, 0.25) is 5.91 Å². The molecule has 5 nitrogen and oxygen atoms in total. The number of pyridine rings is 1. The summed E-state index contributed by atoms with van der Waals surface area (Å²) in [6.07, 6.45) is 5.64. The molecule has 132 valence electrons. The van der Waals surface area contributed by atoms with Gasteiger partial charge in [-0.25, -0.2) is 4.39 Å². The lowest BCUT2D eigenvalue weighted by Crippen LogP contribution is -2.12. The molecule has 3 N–H and O–H groups in total. The van der Waals surface area contributed by atoms with Crippen LogP contribution in [0, 0.1) is 11.7 Å². The van der Waals surface area contributed by atoms with Gasteiger partial charge in [0.1, 0.15) is 5.82 Å². The molecule has 0 bridgehead atoms. The number of rotatable bonds is 3. The fourth-order valence-electron chi connectivity index (χ4n) is 2.41. The Labute approximate surface area is 150 Å². The lowest BCUT2D eigenvalue weighted by molar-refractivity contribution is -0.117. The van der Waals surface area contributed by atoms with Gasteiger partial charge in [0.05, 0.1) is 5.56 Å². The Morgan fingerprint density at radius 3 is 2.50 bits per heavy atom. The van der Waals surface area contributed by atoms with Crippen molar-refractivity contribution < 1.29 is 14.0 Å². The molecular weight excluding hydrogens is 333 g/mol. The summed E-state index contributed by atoms with van der Waals surface area (Å²) in [4.78, 5) is 26.0. The zero-order valence-corrected chi connectivity index (χ0v) is 14.0. The average Bonchev–Trinajstić information content (AvgIpc) is 3.47. The molecule has 0 spiro atoms. The highest BCUT2D eigenvalue weighted by atomic mass is 19.1. The number of carbonyl (C=O) groups excluding carboxylic acids is 2. The number of anilines is 1. The van der Waals surface area contributed by atoms with Crippen LogP contribution in [0.4, 0.5) is 10.1 Å². The van der Waals surface area contributed by atoms with Gasteiger partial charge in [0.15, 0.2) is 0 Å². The number of carbonyl (C=O) groups is 2. The fourth-order valence-corrected chi connectivity index (χ4v) is 2.41. The van der Waals surface area contributed by atoms with Crippen LogP contribution < -0.4 is 11.1 Å². The molecule has 4 rings (SSSR count). The maximum Gasteiger partial charge on any atom is 0.251 e. The number of amides is 2. The van der Waals surface area contributed by atoms with Crippen molar-refractivity contribution in [3.63, 3.8) is 0 Å². The van der Waals surface area contributed by atoms with Crippen molar-refractivity contribution in [3.05, 3.63) is 72.3 Å². The maximum absolute atomic E-state index is 12.5. The van der Waals surface area contributed by atoms with Crippen molar-refractivity contribution in [2.45, 2.75) is 12.8 Å². The van der Waals surface area contributed by atoms with Crippen molar-refractivity contribution in [3.8, 4) is 0 Å². The van der Waals surface area contributed by atoms with Gasteiger partial charge in [-0.15, -0.1) is 0 Å². The molecular formula is C20H18FN3O2. The van der Waals surface area contributed by atoms with Crippen LogP contribution in [0.2, 0.25) is 0 Å². The minimum atomic E-state index is -0.738. The molecule has 0 unspecified atom stereocenters. The van der Waals surface area contributed by atoms with Gasteiger partial charge < -0.3 is 11.1 Å². The zero-order valence-electron chi connectivity index (χ0n) is 14.0. The highest BCUT2D eigenvalue weighted by molar-refractivity contribution is 5.96. The molecule has 2 amide bonds. The molecule has 0 radical (unpaired) electrons. The SMILES string of the molecule is NC(=O)c1ccccc1F.O=C(Nc1ccc2cnccc2c1)C1CC1. The first kappa shape index (κ1) is 17.5. The van der Waals surface area contributed by atoms with E-state index in [-0.39, 0.29) is 17.4 Å². The van der Waals surface area contributed by atoms with E-state index in [1.807, 2.05) is 30.5 Å². The normalized spacial score (nSPS) is 12.8. The Morgan fingerprint density at radius 2 is 1.85 bits per heavy atom. The molecule has 0 atom stereocenters. The van der Waals surface area contributed by atoms with Gasteiger partial charge >= 0.3 is 0 Å². The van der Waals surface area contributed by atoms with Gasteiger partial charge in [0, 0.05) is 29.4 Å². The molecule has 26 heavy (non-hydrogen) atoms. The van der Waals surface area contributed by atoms with Gasteiger partial charge in [0.25, 0.3) is 5.91 Å². The Kier molecular flexibility index (Phi) is 5.22. The zero-order chi connectivity index (χ0) is 18.5. The number of nitrogens with zero attached hydrogens (tertiary/aromatic N) is 1. The topological polar surface area (TPSA) is 85.1 Å². The Hall–Kier alpha value is -3.28. The van der Waals surface area contributed by atoms with Crippen LogP contribution in [0.3, 0.4) is 0 Å². The first-order valence-corrected chi connectivity index (χ1v) is 8.23. The van der Waals surface area contributed by atoms with Crippen molar-refractivity contribution in [1.29, 1.82) is 0 Å². The maximum atomic E-state index is 12.5. The van der Waals surface area contributed by atoms with E-state index in [1.54, 1.807) is 12.3 Å². The number of benzene rings is 2. The summed E-state index contributed by atoms with van der Waals surface area (Å²) in [6, 6.07) is 13.4. The third-order valence-corrected chi connectivity index (χ3v) is 4.00. The van der Waals surface area contributed by atoms with Gasteiger partial charge in [-0.05, 0) is 48.6 Å². The predicted molar refractivity (Wildman–Crippen MR) is 98.0 cm³/mol. The summed E-state index contributed by atoms with van der Waals surface area (Å²) in [5, 5.41) is 5.13. The second-order valence-corrected chi connectivity index (χ2v) is 6.05. The number of aromatic nitrogens is 1. The van der Waals surface area contributed by atoms with Crippen molar-refractivity contribution in [2.75, 3.05) is 5.32 Å². The fraction of sp³-hybridized carbons (Fsp3) is 0.150. The molecule has 6 heteroatoms. The summed E-state index contributed by atoms with van der Waals surface area (Å²) in [5.41, 5.74) is 5.64. The lowest BCUT2D eigenvalue weighted by Gasteiger charge is -2.05. The van der Waals surface area contributed by atoms with Crippen LogP contribution >= 0.6 is 0 Å². The summed E-state index contributed by atoms with van der Waals surface area (Å²) >= 11 is 0. The van der Waals surface area contributed by atoms with E-state index in [0.29, 0.717) is 0 Å². The van der Waals surface area contributed by atoms with E-state index in [9.17, 15) is 14.0 Å². The number of nitrogens with two attached hydrogens (primary N) is 1. The van der Waals surface area contributed by atoms with Crippen molar-refractivity contribution in [2.24, 2.45) is 11.7 Å². The molecule has 3 aromatic rings. The molecule has 1 saturated carbocycles. The number of primary amides is 1. The summed E-state index contributed by atoms with van der Waals surface area (Å²) < 4.78 is 12.5. The summed E-state index contributed by atoms with van der Waals surface area (Å²) in [6.45, 7) is 0. The second-order valence-electron chi connectivity index (χ2n) is 6.05. The third kappa shape index (κ3) is 4.42. The van der Waals surface area contributed by atoms with Gasteiger partial charge in [-0.1, -0.05) is 18.2 Å². The third-order valence-electron chi connectivity index (χ3n) is 4.00. The molecule has 1 fully saturated rings. The minimum absolute atomic E-state index is 0.0671. The number of fused-ring (bicyclic) bond motifs is 1. The molecule has 2 aromatic carbocycles. The van der Waals surface area contributed by atoms with Crippen molar-refractivity contribution in [1.82, 2.24) is 4.98 Å². The number of hydrogen-bond acceptors (Lipinski definition) is 3. The van der Waals surface area contributed by atoms with Gasteiger partial charge in [-0.2, -0.15) is 0 Å². The monoisotopic (exact) mass is 351 g/mol. The molecule has 1 aromatic heterocycles. The highest BCUT2D eigenvalue weighted by Gasteiger charge is 2.29.